The zero-order valence-corrected chi connectivity index (χ0v) is 12.6. The molecule has 2 amide bonds. The van der Waals surface area contributed by atoms with Gasteiger partial charge in [-0.1, -0.05) is 50.5 Å². The summed E-state index contributed by atoms with van der Waals surface area (Å²) in [7, 11) is 0. The van der Waals surface area contributed by atoms with Crippen LogP contribution in [-0.4, -0.2) is 12.1 Å². The van der Waals surface area contributed by atoms with Gasteiger partial charge in [0.1, 0.15) is 0 Å². The molecule has 0 bridgehead atoms. The third-order valence-electron chi connectivity index (χ3n) is 4.18. The van der Waals surface area contributed by atoms with Crippen LogP contribution in [0.4, 0.5) is 4.79 Å². The van der Waals surface area contributed by atoms with Crippen molar-refractivity contribution in [2.45, 2.75) is 64.5 Å². The van der Waals surface area contributed by atoms with Gasteiger partial charge >= 0.3 is 6.03 Å². The van der Waals surface area contributed by atoms with E-state index in [2.05, 4.69) is 41.8 Å². The molecule has 1 saturated carbocycles. The number of rotatable bonds is 4. The second-order valence-corrected chi connectivity index (χ2v) is 5.77. The first-order chi connectivity index (χ1) is 9.69. The number of carbonyl (C=O) groups is 1. The molecule has 3 nitrogen and oxygen atoms in total. The zero-order chi connectivity index (χ0) is 14.4. The van der Waals surface area contributed by atoms with Crippen LogP contribution < -0.4 is 10.6 Å². The molecule has 0 aliphatic heterocycles. The fraction of sp³-hybridized carbons (Fsp3) is 0.588. The Bertz CT molecular complexity index is 421. The minimum atomic E-state index is -0.0380. The predicted molar refractivity (Wildman–Crippen MR) is 82.8 cm³/mol. The van der Waals surface area contributed by atoms with Crippen molar-refractivity contribution in [2.24, 2.45) is 0 Å². The van der Waals surface area contributed by atoms with Crippen molar-refractivity contribution in [3.8, 4) is 0 Å². The number of hydrogen-bond donors (Lipinski definition) is 2. The first-order valence-corrected chi connectivity index (χ1v) is 7.85. The lowest BCUT2D eigenvalue weighted by Gasteiger charge is -2.24. The van der Waals surface area contributed by atoms with E-state index in [0.29, 0.717) is 6.04 Å². The molecule has 1 aliphatic carbocycles. The van der Waals surface area contributed by atoms with Crippen LogP contribution in [0.3, 0.4) is 0 Å². The molecular formula is C17H26N2O. The van der Waals surface area contributed by atoms with Crippen LogP contribution in [-0.2, 0) is 6.42 Å². The SMILES string of the molecule is CCc1ccc([C@@H](C)NC(=O)NC2CCCCC2)cc1. The van der Waals surface area contributed by atoms with Crippen molar-refractivity contribution in [3.63, 3.8) is 0 Å². The molecule has 0 spiro atoms. The second kappa shape index (κ2) is 7.32. The van der Waals surface area contributed by atoms with Crippen molar-refractivity contribution in [1.29, 1.82) is 0 Å². The van der Waals surface area contributed by atoms with Gasteiger partial charge in [-0.3, -0.25) is 0 Å². The van der Waals surface area contributed by atoms with Crippen molar-refractivity contribution < 1.29 is 4.79 Å². The van der Waals surface area contributed by atoms with E-state index in [-0.39, 0.29) is 12.1 Å². The highest BCUT2D eigenvalue weighted by molar-refractivity contribution is 5.74. The Morgan fingerprint density at radius 3 is 2.45 bits per heavy atom. The summed E-state index contributed by atoms with van der Waals surface area (Å²) in [6.45, 7) is 4.18. The Kier molecular flexibility index (Phi) is 5.45. The highest BCUT2D eigenvalue weighted by atomic mass is 16.2. The van der Waals surface area contributed by atoms with E-state index in [4.69, 9.17) is 0 Å². The van der Waals surface area contributed by atoms with E-state index in [1.165, 1.54) is 24.8 Å². The van der Waals surface area contributed by atoms with Gasteiger partial charge in [0.2, 0.25) is 0 Å². The smallest absolute Gasteiger partial charge is 0.315 e. The van der Waals surface area contributed by atoms with Gasteiger partial charge in [0.05, 0.1) is 6.04 Å². The first kappa shape index (κ1) is 14.9. The lowest BCUT2D eigenvalue weighted by atomic mass is 9.96. The lowest BCUT2D eigenvalue weighted by Crippen LogP contribution is -2.43. The van der Waals surface area contributed by atoms with Crippen LogP contribution in [0.2, 0.25) is 0 Å². The van der Waals surface area contributed by atoms with Gasteiger partial charge in [-0.05, 0) is 37.3 Å². The van der Waals surface area contributed by atoms with E-state index < -0.39 is 0 Å². The molecule has 0 saturated heterocycles. The molecule has 2 rings (SSSR count). The molecule has 0 unspecified atom stereocenters. The molecule has 1 aliphatic rings. The highest BCUT2D eigenvalue weighted by Gasteiger charge is 2.16. The summed E-state index contributed by atoms with van der Waals surface area (Å²) >= 11 is 0. The van der Waals surface area contributed by atoms with Gasteiger partial charge in [-0.25, -0.2) is 4.79 Å². The van der Waals surface area contributed by atoms with Crippen LogP contribution in [0.25, 0.3) is 0 Å². The molecule has 110 valence electrons. The molecule has 0 aromatic heterocycles. The molecule has 1 fully saturated rings. The predicted octanol–water partition coefficient (Wildman–Crippen LogP) is 3.94. The highest BCUT2D eigenvalue weighted by Crippen LogP contribution is 2.18. The first-order valence-electron chi connectivity index (χ1n) is 7.85. The number of aryl methyl sites for hydroxylation is 1. The summed E-state index contributed by atoms with van der Waals surface area (Å²) in [5, 5.41) is 6.12. The van der Waals surface area contributed by atoms with E-state index in [1.807, 2.05) is 6.92 Å². The summed E-state index contributed by atoms with van der Waals surface area (Å²) in [4.78, 5) is 12.0. The van der Waals surface area contributed by atoms with Crippen LogP contribution in [0.15, 0.2) is 24.3 Å². The van der Waals surface area contributed by atoms with E-state index in [0.717, 1.165) is 24.8 Å². The average Bonchev–Trinajstić information content (AvgIpc) is 2.48. The van der Waals surface area contributed by atoms with E-state index in [1.54, 1.807) is 0 Å². The molecule has 1 aromatic rings. The molecule has 0 heterocycles. The summed E-state index contributed by atoms with van der Waals surface area (Å²) in [6, 6.07) is 8.83. The average molecular weight is 274 g/mol. The molecular weight excluding hydrogens is 248 g/mol. The molecule has 0 radical (unpaired) electrons. The minimum absolute atomic E-state index is 0.0380. The summed E-state index contributed by atoms with van der Waals surface area (Å²) in [5.74, 6) is 0. The fourth-order valence-electron chi connectivity index (χ4n) is 2.80. The van der Waals surface area contributed by atoms with Crippen LogP contribution >= 0.6 is 0 Å². The topological polar surface area (TPSA) is 41.1 Å². The number of amides is 2. The van der Waals surface area contributed by atoms with E-state index >= 15 is 0 Å². The molecule has 3 heteroatoms. The number of benzene rings is 1. The summed E-state index contributed by atoms with van der Waals surface area (Å²) in [5.41, 5.74) is 2.48. The van der Waals surface area contributed by atoms with Gasteiger partial charge in [-0.2, -0.15) is 0 Å². The van der Waals surface area contributed by atoms with Gasteiger partial charge < -0.3 is 10.6 Å². The van der Waals surface area contributed by atoms with Crippen molar-refractivity contribution in [2.75, 3.05) is 0 Å². The van der Waals surface area contributed by atoms with E-state index in [9.17, 15) is 4.79 Å². The Hall–Kier alpha value is -1.51. The number of carbonyl (C=O) groups excluding carboxylic acids is 1. The third kappa shape index (κ3) is 4.26. The Labute approximate surface area is 122 Å². The quantitative estimate of drug-likeness (QED) is 0.858. The normalized spacial score (nSPS) is 17.5. The van der Waals surface area contributed by atoms with Crippen LogP contribution in [0, 0.1) is 0 Å². The van der Waals surface area contributed by atoms with Crippen molar-refractivity contribution >= 4 is 6.03 Å². The number of hydrogen-bond acceptors (Lipinski definition) is 1. The Morgan fingerprint density at radius 1 is 1.20 bits per heavy atom. The van der Waals surface area contributed by atoms with Crippen LogP contribution in [0.5, 0.6) is 0 Å². The van der Waals surface area contributed by atoms with Crippen molar-refractivity contribution in [3.05, 3.63) is 35.4 Å². The largest absolute Gasteiger partial charge is 0.335 e. The fourth-order valence-corrected chi connectivity index (χ4v) is 2.80. The second-order valence-electron chi connectivity index (χ2n) is 5.77. The summed E-state index contributed by atoms with van der Waals surface area (Å²) < 4.78 is 0. The molecule has 1 atom stereocenters. The van der Waals surface area contributed by atoms with Gasteiger partial charge in [0, 0.05) is 6.04 Å². The Morgan fingerprint density at radius 2 is 1.85 bits per heavy atom. The molecule has 20 heavy (non-hydrogen) atoms. The number of nitrogens with one attached hydrogen (secondary N) is 2. The maximum Gasteiger partial charge on any atom is 0.315 e. The van der Waals surface area contributed by atoms with Gasteiger partial charge in [0.25, 0.3) is 0 Å². The van der Waals surface area contributed by atoms with Gasteiger partial charge in [-0.15, -0.1) is 0 Å². The molecule has 2 N–H and O–H groups in total. The molecule has 1 aromatic carbocycles. The lowest BCUT2D eigenvalue weighted by molar-refractivity contribution is 0.229. The monoisotopic (exact) mass is 274 g/mol. The summed E-state index contributed by atoms with van der Waals surface area (Å²) in [6.07, 6.45) is 7.06. The van der Waals surface area contributed by atoms with Crippen LogP contribution in [0.1, 0.15) is 63.1 Å². The third-order valence-corrected chi connectivity index (χ3v) is 4.18. The Balaban J connectivity index is 1.82. The minimum Gasteiger partial charge on any atom is -0.335 e. The zero-order valence-electron chi connectivity index (χ0n) is 12.6. The maximum atomic E-state index is 12.0. The van der Waals surface area contributed by atoms with Gasteiger partial charge in [0.15, 0.2) is 0 Å². The van der Waals surface area contributed by atoms with Crippen molar-refractivity contribution in [1.82, 2.24) is 10.6 Å². The number of urea groups is 1. The maximum absolute atomic E-state index is 12.0. The standard InChI is InChI=1S/C17H26N2O/c1-3-14-9-11-15(12-10-14)13(2)18-17(20)19-16-7-5-4-6-8-16/h9-13,16H,3-8H2,1-2H3,(H2,18,19,20)/t13-/m1/s1.